The zero-order valence-electron chi connectivity index (χ0n) is 9.92. The third-order valence-electron chi connectivity index (χ3n) is 3.23. The van der Waals surface area contributed by atoms with Crippen molar-refractivity contribution in [3.05, 3.63) is 35.9 Å². The van der Waals surface area contributed by atoms with Gasteiger partial charge in [-0.1, -0.05) is 30.3 Å². The van der Waals surface area contributed by atoms with E-state index in [-0.39, 0.29) is 11.4 Å². The van der Waals surface area contributed by atoms with Crippen LogP contribution in [-0.2, 0) is 11.2 Å². The number of alkyl halides is 1. The fourth-order valence-electron chi connectivity index (χ4n) is 1.90. The van der Waals surface area contributed by atoms with Gasteiger partial charge in [-0.25, -0.2) is 0 Å². The molecule has 17 heavy (non-hydrogen) atoms. The van der Waals surface area contributed by atoms with E-state index >= 15 is 0 Å². The Kier molecular flexibility index (Phi) is 4.06. The number of hydrogen-bond acceptors (Lipinski definition) is 1. The molecule has 3 heteroatoms. The molecule has 0 atom stereocenters. The number of hydrogen-bond donors (Lipinski definition) is 1. The Hall–Kier alpha value is -1.02. The smallest absolute Gasteiger partial charge is 0.220 e. The maximum Gasteiger partial charge on any atom is 0.220 e. The van der Waals surface area contributed by atoms with Crippen LogP contribution in [0.15, 0.2) is 30.3 Å². The Morgan fingerprint density at radius 2 is 2.00 bits per heavy atom. The van der Waals surface area contributed by atoms with Gasteiger partial charge in [-0.2, -0.15) is 0 Å². The van der Waals surface area contributed by atoms with E-state index in [1.54, 1.807) is 0 Å². The summed E-state index contributed by atoms with van der Waals surface area (Å²) in [6.45, 7) is 0. The molecule has 1 amide bonds. The summed E-state index contributed by atoms with van der Waals surface area (Å²) in [5.74, 6) is 0.677. The molecule has 0 unspecified atom stereocenters. The van der Waals surface area contributed by atoms with Gasteiger partial charge in [0.15, 0.2) is 0 Å². The van der Waals surface area contributed by atoms with E-state index in [0.717, 1.165) is 25.7 Å². The van der Waals surface area contributed by atoms with E-state index < -0.39 is 0 Å². The molecule has 1 fully saturated rings. The topological polar surface area (TPSA) is 29.1 Å². The van der Waals surface area contributed by atoms with Crippen molar-refractivity contribution in [1.82, 2.24) is 5.32 Å². The van der Waals surface area contributed by atoms with E-state index in [1.807, 2.05) is 18.2 Å². The lowest BCUT2D eigenvalue weighted by Crippen LogP contribution is -2.38. The van der Waals surface area contributed by atoms with E-state index in [1.165, 1.54) is 5.56 Å². The number of carbonyl (C=O) groups is 1. The Morgan fingerprint density at radius 3 is 2.59 bits per heavy atom. The summed E-state index contributed by atoms with van der Waals surface area (Å²) >= 11 is 5.81. The summed E-state index contributed by atoms with van der Waals surface area (Å²) in [5.41, 5.74) is 1.23. The number of carbonyl (C=O) groups excluding carboxylic acids is 1. The monoisotopic (exact) mass is 251 g/mol. The van der Waals surface area contributed by atoms with Crippen LogP contribution in [0.3, 0.4) is 0 Å². The lowest BCUT2D eigenvalue weighted by molar-refractivity contribution is -0.122. The molecule has 2 nitrogen and oxygen atoms in total. The Labute approximate surface area is 107 Å². The minimum absolute atomic E-state index is 0.0641. The fourth-order valence-corrected chi connectivity index (χ4v) is 2.23. The first kappa shape index (κ1) is 12.4. The van der Waals surface area contributed by atoms with Crippen molar-refractivity contribution in [3.63, 3.8) is 0 Å². The predicted molar refractivity (Wildman–Crippen MR) is 70.2 cm³/mol. The normalized spacial score (nSPS) is 16.5. The molecule has 0 aromatic heterocycles. The van der Waals surface area contributed by atoms with Gasteiger partial charge in [0.2, 0.25) is 5.91 Å². The number of rotatable bonds is 6. The second-order valence-corrected chi connectivity index (χ2v) is 5.07. The van der Waals surface area contributed by atoms with Gasteiger partial charge in [-0.3, -0.25) is 4.79 Å². The molecule has 1 aromatic rings. The van der Waals surface area contributed by atoms with Crippen LogP contribution in [0.5, 0.6) is 0 Å². The molecule has 1 N–H and O–H groups in total. The molecule has 92 valence electrons. The first-order valence-corrected chi connectivity index (χ1v) is 6.68. The summed E-state index contributed by atoms with van der Waals surface area (Å²) in [6, 6.07) is 10.3. The number of nitrogens with one attached hydrogen (secondary N) is 1. The van der Waals surface area contributed by atoms with Crippen molar-refractivity contribution in [3.8, 4) is 0 Å². The highest BCUT2D eigenvalue weighted by Gasteiger charge is 2.42. The van der Waals surface area contributed by atoms with Crippen LogP contribution in [-0.4, -0.2) is 17.3 Å². The van der Waals surface area contributed by atoms with Crippen LogP contribution in [0.4, 0.5) is 0 Å². The van der Waals surface area contributed by atoms with Gasteiger partial charge in [0, 0.05) is 12.3 Å². The van der Waals surface area contributed by atoms with Gasteiger partial charge >= 0.3 is 0 Å². The molecule has 0 radical (unpaired) electrons. The van der Waals surface area contributed by atoms with E-state index in [2.05, 4.69) is 17.4 Å². The minimum Gasteiger partial charge on any atom is -0.349 e. The van der Waals surface area contributed by atoms with Crippen LogP contribution in [0, 0.1) is 0 Å². The maximum absolute atomic E-state index is 11.7. The summed E-state index contributed by atoms with van der Waals surface area (Å²) in [5, 5.41) is 3.03. The first-order valence-electron chi connectivity index (χ1n) is 6.15. The SMILES string of the molecule is O=C(CCCc1ccccc1)NC1(CCl)CC1. The van der Waals surface area contributed by atoms with Gasteiger partial charge in [-0.15, -0.1) is 11.6 Å². The molecule has 0 aliphatic heterocycles. The molecular weight excluding hydrogens is 234 g/mol. The van der Waals surface area contributed by atoms with E-state index in [9.17, 15) is 4.79 Å². The highest BCUT2D eigenvalue weighted by Crippen LogP contribution is 2.36. The summed E-state index contributed by atoms with van der Waals surface area (Å²) in [6.07, 6.45) is 4.51. The summed E-state index contributed by atoms with van der Waals surface area (Å²) in [4.78, 5) is 11.7. The molecule has 0 spiro atoms. The van der Waals surface area contributed by atoms with Crippen LogP contribution < -0.4 is 5.32 Å². The molecule has 0 heterocycles. The number of halogens is 1. The molecule has 1 aliphatic carbocycles. The molecule has 1 aromatic carbocycles. The van der Waals surface area contributed by atoms with Crippen LogP contribution in [0.25, 0.3) is 0 Å². The highest BCUT2D eigenvalue weighted by molar-refractivity contribution is 6.19. The molecule has 0 saturated heterocycles. The standard InChI is InChI=1S/C14H18ClNO/c15-11-14(9-10-14)16-13(17)8-4-7-12-5-2-1-3-6-12/h1-3,5-6H,4,7-11H2,(H,16,17). The Balaban J connectivity index is 1.67. The lowest BCUT2D eigenvalue weighted by atomic mass is 10.1. The maximum atomic E-state index is 11.7. The number of amides is 1. The van der Waals surface area contributed by atoms with E-state index in [0.29, 0.717) is 12.3 Å². The van der Waals surface area contributed by atoms with Crippen molar-refractivity contribution in [2.75, 3.05) is 5.88 Å². The van der Waals surface area contributed by atoms with Crippen LogP contribution in [0.2, 0.25) is 0 Å². The average Bonchev–Trinajstić information content (AvgIpc) is 3.11. The van der Waals surface area contributed by atoms with Crippen molar-refractivity contribution >= 4 is 17.5 Å². The summed E-state index contributed by atoms with van der Waals surface area (Å²) in [7, 11) is 0. The van der Waals surface area contributed by atoms with Gasteiger partial charge in [-0.05, 0) is 31.2 Å². The number of benzene rings is 1. The quantitative estimate of drug-likeness (QED) is 0.774. The van der Waals surface area contributed by atoms with Gasteiger partial charge in [0.05, 0.1) is 5.54 Å². The molecule has 1 aliphatic rings. The van der Waals surface area contributed by atoms with E-state index in [4.69, 9.17) is 11.6 Å². The second kappa shape index (κ2) is 5.54. The third-order valence-corrected chi connectivity index (χ3v) is 3.74. The van der Waals surface area contributed by atoms with Crippen molar-refractivity contribution in [2.24, 2.45) is 0 Å². The molecule has 2 rings (SSSR count). The molecule has 0 bridgehead atoms. The Morgan fingerprint density at radius 1 is 1.29 bits per heavy atom. The van der Waals surface area contributed by atoms with Crippen molar-refractivity contribution < 1.29 is 4.79 Å². The highest BCUT2D eigenvalue weighted by atomic mass is 35.5. The number of aryl methyl sites for hydroxylation is 1. The second-order valence-electron chi connectivity index (χ2n) is 4.80. The molecule has 1 saturated carbocycles. The lowest BCUT2D eigenvalue weighted by Gasteiger charge is -2.13. The van der Waals surface area contributed by atoms with Gasteiger partial charge in [0.1, 0.15) is 0 Å². The first-order chi connectivity index (χ1) is 8.24. The zero-order chi connectivity index (χ0) is 12.1. The average molecular weight is 252 g/mol. The Bertz CT molecular complexity index is 373. The zero-order valence-corrected chi connectivity index (χ0v) is 10.7. The van der Waals surface area contributed by atoms with Crippen LogP contribution >= 0.6 is 11.6 Å². The van der Waals surface area contributed by atoms with Crippen molar-refractivity contribution in [1.29, 1.82) is 0 Å². The third kappa shape index (κ3) is 3.74. The van der Waals surface area contributed by atoms with Gasteiger partial charge < -0.3 is 5.32 Å². The van der Waals surface area contributed by atoms with Gasteiger partial charge in [0.25, 0.3) is 0 Å². The van der Waals surface area contributed by atoms with Crippen molar-refractivity contribution in [2.45, 2.75) is 37.6 Å². The largest absolute Gasteiger partial charge is 0.349 e. The predicted octanol–water partition coefficient (Wildman–Crippen LogP) is 2.90. The fraction of sp³-hybridized carbons (Fsp3) is 0.500. The minimum atomic E-state index is -0.0641. The molecular formula is C14H18ClNO. The summed E-state index contributed by atoms with van der Waals surface area (Å²) < 4.78 is 0. The van der Waals surface area contributed by atoms with Crippen LogP contribution in [0.1, 0.15) is 31.2 Å².